The lowest BCUT2D eigenvalue weighted by atomic mass is 9.73. The van der Waals surface area contributed by atoms with Crippen molar-refractivity contribution in [1.82, 2.24) is 0 Å². The smallest absolute Gasteiger partial charge is 0.338 e. The second kappa shape index (κ2) is 10.2. The molecule has 1 aliphatic heterocycles. The molecule has 3 aromatic rings. The molecule has 2 saturated carbocycles. The zero-order chi connectivity index (χ0) is 28.0. The number of imide groups is 1. The number of hydrogen-bond acceptors (Lipinski definition) is 6. The number of esters is 1. The quantitative estimate of drug-likeness (QED) is 0.268. The van der Waals surface area contributed by atoms with Gasteiger partial charge in [-0.25, -0.2) is 4.79 Å². The van der Waals surface area contributed by atoms with E-state index >= 15 is 0 Å². The predicted octanol–water partition coefficient (Wildman–Crippen LogP) is 4.61. The maximum Gasteiger partial charge on any atom is 0.338 e. The summed E-state index contributed by atoms with van der Waals surface area (Å²) < 4.78 is 5.13. The van der Waals surface area contributed by atoms with E-state index in [0.29, 0.717) is 22.9 Å². The van der Waals surface area contributed by atoms with Crippen LogP contribution in [0.2, 0.25) is 0 Å². The Bertz CT molecular complexity index is 1500. The minimum atomic E-state index is -0.701. The third-order valence-electron chi connectivity index (χ3n) is 8.51. The zero-order valence-corrected chi connectivity index (χ0v) is 21.9. The highest BCUT2D eigenvalue weighted by atomic mass is 16.5. The summed E-state index contributed by atoms with van der Waals surface area (Å²) in [6, 6.07) is 22.7. The molecule has 3 aromatic carbocycles. The van der Waals surface area contributed by atoms with Crippen LogP contribution in [0.25, 0.3) is 0 Å². The van der Waals surface area contributed by atoms with Crippen molar-refractivity contribution in [2.45, 2.75) is 25.7 Å². The molecule has 1 heterocycles. The van der Waals surface area contributed by atoms with Crippen molar-refractivity contribution in [2.75, 3.05) is 16.8 Å². The van der Waals surface area contributed by atoms with Crippen LogP contribution >= 0.6 is 0 Å². The van der Waals surface area contributed by atoms with Crippen molar-refractivity contribution in [3.63, 3.8) is 0 Å². The molecule has 0 unspecified atom stereocenters. The van der Waals surface area contributed by atoms with Crippen LogP contribution in [0, 0.1) is 23.7 Å². The van der Waals surface area contributed by atoms with Gasteiger partial charge in [0.15, 0.2) is 12.4 Å². The molecule has 0 radical (unpaired) electrons. The molecule has 6 rings (SSSR count). The third kappa shape index (κ3) is 4.49. The first-order valence-corrected chi connectivity index (χ1v) is 13.4. The molecule has 8 nitrogen and oxygen atoms in total. The molecule has 0 aromatic heterocycles. The molecular weight excluding hydrogens is 508 g/mol. The SMILES string of the molecule is CC(=O)c1ccc(NC(=O)COC(=O)c2ccc(N3C(=O)[C@@H]4[C@@H]5C[C@@H]([C@@H]4C3=O)[C@@H](c3ccccc3)C5)cc2)cc1. The second-order valence-electron chi connectivity index (χ2n) is 10.8. The number of ketones is 1. The van der Waals surface area contributed by atoms with Crippen molar-refractivity contribution in [1.29, 1.82) is 0 Å². The fourth-order valence-corrected chi connectivity index (χ4v) is 6.74. The number of carbonyl (C=O) groups is 5. The Kier molecular flexibility index (Phi) is 6.54. The molecule has 202 valence electrons. The Morgan fingerprint density at radius 3 is 2.15 bits per heavy atom. The summed E-state index contributed by atoms with van der Waals surface area (Å²) >= 11 is 0. The van der Waals surface area contributed by atoms with Crippen LogP contribution in [0.3, 0.4) is 0 Å². The van der Waals surface area contributed by atoms with E-state index in [0.717, 1.165) is 12.8 Å². The van der Waals surface area contributed by atoms with Gasteiger partial charge >= 0.3 is 5.97 Å². The van der Waals surface area contributed by atoms with E-state index in [1.165, 1.54) is 29.5 Å². The number of carbonyl (C=O) groups excluding carboxylic acids is 5. The van der Waals surface area contributed by atoms with Crippen LogP contribution in [-0.2, 0) is 19.1 Å². The van der Waals surface area contributed by atoms with E-state index in [2.05, 4.69) is 17.4 Å². The van der Waals surface area contributed by atoms with Gasteiger partial charge in [-0.1, -0.05) is 30.3 Å². The van der Waals surface area contributed by atoms with Gasteiger partial charge in [0, 0.05) is 11.3 Å². The van der Waals surface area contributed by atoms with Crippen LogP contribution in [0.4, 0.5) is 11.4 Å². The lowest BCUT2D eigenvalue weighted by Crippen LogP contribution is -2.33. The van der Waals surface area contributed by atoms with Crippen molar-refractivity contribution >= 4 is 40.8 Å². The van der Waals surface area contributed by atoms with E-state index in [1.807, 2.05) is 18.2 Å². The summed E-state index contributed by atoms with van der Waals surface area (Å²) in [6.45, 7) is 0.961. The highest BCUT2D eigenvalue weighted by Gasteiger charge is 2.64. The third-order valence-corrected chi connectivity index (χ3v) is 8.51. The van der Waals surface area contributed by atoms with Gasteiger partial charge in [-0.05, 0) is 91.6 Å². The topological polar surface area (TPSA) is 110 Å². The van der Waals surface area contributed by atoms with Crippen LogP contribution in [0.5, 0.6) is 0 Å². The predicted molar refractivity (Wildman–Crippen MR) is 147 cm³/mol. The minimum Gasteiger partial charge on any atom is -0.452 e. The fraction of sp³-hybridized carbons (Fsp3) is 0.281. The molecule has 1 saturated heterocycles. The molecule has 0 spiro atoms. The molecule has 5 atom stereocenters. The Morgan fingerprint density at radius 1 is 0.825 bits per heavy atom. The highest BCUT2D eigenvalue weighted by molar-refractivity contribution is 6.22. The lowest BCUT2D eigenvalue weighted by Gasteiger charge is -2.28. The average Bonchev–Trinajstić information content (AvgIpc) is 3.64. The summed E-state index contributed by atoms with van der Waals surface area (Å²) in [7, 11) is 0. The van der Waals surface area contributed by atoms with Gasteiger partial charge < -0.3 is 10.1 Å². The number of Topliss-reactive ketones (excluding diaryl/α,β-unsaturated/α-hetero) is 1. The van der Waals surface area contributed by atoms with Gasteiger partial charge in [-0.3, -0.25) is 24.1 Å². The Hall–Kier alpha value is -4.59. The highest BCUT2D eigenvalue weighted by Crippen LogP contribution is 2.61. The van der Waals surface area contributed by atoms with Crippen LogP contribution in [-0.4, -0.2) is 36.1 Å². The van der Waals surface area contributed by atoms with E-state index in [9.17, 15) is 24.0 Å². The summed E-state index contributed by atoms with van der Waals surface area (Å²) in [6.07, 6.45) is 1.83. The molecule has 3 amide bonds. The lowest BCUT2D eigenvalue weighted by molar-refractivity contribution is -0.123. The monoisotopic (exact) mass is 536 g/mol. The number of amides is 3. The molecule has 40 heavy (non-hydrogen) atoms. The standard InChI is InChI=1S/C32H28N2O6/c1-18(35)19-7-11-23(12-8-19)33-27(36)17-40-32(39)21-9-13-24(14-10-21)34-30(37)28-22-15-25(20-5-3-2-4-6-20)26(16-22)29(28)31(34)38/h2-14,22,25-26,28-29H,15-17H2,1H3,(H,33,36)/t22-,25+,26+,28+,29-/m0/s1. The van der Waals surface area contributed by atoms with E-state index in [1.54, 1.807) is 36.4 Å². The molecule has 8 heteroatoms. The normalized spacial score (nSPS) is 24.6. The number of fused-ring (bicyclic) bond motifs is 5. The molecule has 2 aliphatic carbocycles. The van der Waals surface area contributed by atoms with Crippen molar-refractivity contribution in [3.05, 3.63) is 95.6 Å². The second-order valence-corrected chi connectivity index (χ2v) is 10.8. The van der Waals surface area contributed by atoms with Gasteiger partial charge in [0.25, 0.3) is 5.91 Å². The van der Waals surface area contributed by atoms with Gasteiger partial charge in [-0.2, -0.15) is 0 Å². The number of anilines is 2. The largest absolute Gasteiger partial charge is 0.452 e. The zero-order valence-electron chi connectivity index (χ0n) is 21.9. The van der Waals surface area contributed by atoms with Gasteiger partial charge in [0.1, 0.15) is 0 Å². The number of benzene rings is 3. The van der Waals surface area contributed by atoms with E-state index in [4.69, 9.17) is 4.74 Å². The number of hydrogen-bond donors (Lipinski definition) is 1. The first-order chi connectivity index (χ1) is 19.3. The van der Waals surface area contributed by atoms with E-state index in [-0.39, 0.29) is 46.8 Å². The van der Waals surface area contributed by atoms with Crippen molar-refractivity contribution < 1.29 is 28.7 Å². The van der Waals surface area contributed by atoms with Crippen LogP contribution < -0.4 is 10.2 Å². The number of ether oxygens (including phenoxy) is 1. The number of rotatable bonds is 7. The van der Waals surface area contributed by atoms with Gasteiger partial charge in [0.2, 0.25) is 11.8 Å². The Labute approximate surface area is 231 Å². The summed E-state index contributed by atoms with van der Waals surface area (Å²) in [5.41, 5.74) is 2.87. The Morgan fingerprint density at radius 2 is 1.48 bits per heavy atom. The number of nitrogens with zero attached hydrogens (tertiary/aromatic N) is 1. The minimum absolute atomic E-state index is 0.0806. The van der Waals surface area contributed by atoms with Crippen molar-refractivity contribution in [2.24, 2.45) is 23.7 Å². The van der Waals surface area contributed by atoms with Gasteiger partial charge in [0.05, 0.1) is 23.1 Å². The molecule has 3 fully saturated rings. The molecule has 3 aliphatic rings. The number of nitrogens with one attached hydrogen (secondary N) is 1. The Balaban J connectivity index is 1.08. The van der Waals surface area contributed by atoms with Crippen LogP contribution in [0.15, 0.2) is 78.9 Å². The van der Waals surface area contributed by atoms with Gasteiger partial charge in [-0.15, -0.1) is 0 Å². The maximum absolute atomic E-state index is 13.5. The average molecular weight is 537 g/mol. The van der Waals surface area contributed by atoms with Crippen molar-refractivity contribution in [3.8, 4) is 0 Å². The summed E-state index contributed by atoms with van der Waals surface area (Å²) in [5, 5.41) is 2.61. The molecule has 1 N–H and O–H groups in total. The first-order valence-electron chi connectivity index (χ1n) is 13.4. The van der Waals surface area contributed by atoms with Crippen LogP contribution in [0.1, 0.15) is 52.0 Å². The fourth-order valence-electron chi connectivity index (χ4n) is 6.74. The summed E-state index contributed by atoms with van der Waals surface area (Å²) in [4.78, 5) is 64.3. The van der Waals surface area contributed by atoms with E-state index < -0.39 is 18.5 Å². The maximum atomic E-state index is 13.5. The summed E-state index contributed by atoms with van der Waals surface area (Å²) in [5.74, 6) is -1.56. The first kappa shape index (κ1) is 25.7. The molecule has 2 bridgehead atoms. The molecular formula is C32H28N2O6.